The van der Waals surface area contributed by atoms with Gasteiger partial charge in [0.15, 0.2) is 0 Å². The number of carbonyl (C=O) groups excluding carboxylic acids is 2. The van der Waals surface area contributed by atoms with Crippen LogP contribution in [0.1, 0.15) is 20.8 Å². The Hall–Kier alpha value is -2.61. The van der Waals surface area contributed by atoms with Crippen LogP contribution in [0.3, 0.4) is 0 Å². The van der Waals surface area contributed by atoms with Gasteiger partial charge in [0.05, 0.1) is 31.0 Å². The summed E-state index contributed by atoms with van der Waals surface area (Å²) < 4.78 is 19.6. The summed E-state index contributed by atoms with van der Waals surface area (Å²) in [7, 11) is 0. The Balaban J connectivity index is 2.09. The number of anilines is 2. The number of benzene rings is 1. The molecule has 1 aromatic rings. The molecule has 1 saturated heterocycles. The molecule has 0 aliphatic carbocycles. The Morgan fingerprint density at radius 1 is 1.52 bits per heavy atom. The minimum absolute atomic E-state index is 0.204. The molecule has 1 aliphatic heterocycles. The lowest BCUT2D eigenvalue weighted by Crippen LogP contribution is -2.34. The van der Waals surface area contributed by atoms with Crippen molar-refractivity contribution < 1.29 is 18.7 Å². The zero-order valence-electron chi connectivity index (χ0n) is 14.6. The maximum absolute atomic E-state index is 14.4. The van der Waals surface area contributed by atoms with E-state index in [2.05, 4.69) is 5.32 Å². The first-order valence-electron chi connectivity index (χ1n) is 7.98. The fourth-order valence-corrected chi connectivity index (χ4v) is 2.44. The molecule has 2 rings (SSSR count). The van der Waals surface area contributed by atoms with Gasteiger partial charge in [0.1, 0.15) is 11.9 Å². The molecule has 3 N–H and O–H groups in total. The highest BCUT2D eigenvalue weighted by atomic mass is 19.1. The average molecular weight is 350 g/mol. The van der Waals surface area contributed by atoms with E-state index in [0.717, 1.165) is 5.57 Å². The van der Waals surface area contributed by atoms with E-state index in [4.69, 9.17) is 10.6 Å². The number of hydrazine groups is 1. The van der Waals surface area contributed by atoms with Crippen LogP contribution in [0.15, 0.2) is 29.8 Å². The van der Waals surface area contributed by atoms with Crippen molar-refractivity contribution in [2.45, 2.75) is 26.9 Å². The van der Waals surface area contributed by atoms with Gasteiger partial charge in [0, 0.05) is 6.92 Å². The predicted octanol–water partition coefficient (Wildman–Crippen LogP) is 1.93. The molecule has 0 radical (unpaired) electrons. The number of carbonyl (C=O) groups is 2. The maximum atomic E-state index is 14.4. The molecule has 25 heavy (non-hydrogen) atoms. The van der Waals surface area contributed by atoms with E-state index in [-0.39, 0.29) is 24.7 Å². The number of hydrogen-bond donors (Lipinski definition) is 2. The number of halogens is 1. The van der Waals surface area contributed by atoms with Crippen molar-refractivity contribution in [1.29, 1.82) is 0 Å². The van der Waals surface area contributed by atoms with Gasteiger partial charge in [0.2, 0.25) is 5.91 Å². The van der Waals surface area contributed by atoms with Gasteiger partial charge in [-0.3, -0.25) is 9.69 Å². The summed E-state index contributed by atoms with van der Waals surface area (Å²) in [5.74, 6) is 5.17. The van der Waals surface area contributed by atoms with Gasteiger partial charge in [-0.25, -0.2) is 15.0 Å². The van der Waals surface area contributed by atoms with Gasteiger partial charge in [0.25, 0.3) is 0 Å². The smallest absolute Gasteiger partial charge is 0.414 e. The molecule has 1 aliphatic rings. The number of rotatable bonds is 6. The van der Waals surface area contributed by atoms with Gasteiger partial charge in [-0.2, -0.15) is 0 Å². The lowest BCUT2D eigenvalue weighted by atomic mass is 10.2. The normalized spacial score (nSPS) is 17.5. The largest absolute Gasteiger partial charge is 0.442 e. The summed E-state index contributed by atoms with van der Waals surface area (Å²) in [4.78, 5) is 24.2. The summed E-state index contributed by atoms with van der Waals surface area (Å²) >= 11 is 0. The lowest BCUT2D eigenvalue weighted by molar-refractivity contribution is -0.119. The molecule has 2 amide bonds. The second kappa shape index (κ2) is 7.98. The Bertz CT molecular complexity index is 692. The van der Waals surface area contributed by atoms with Crippen molar-refractivity contribution in [2.24, 2.45) is 5.84 Å². The van der Waals surface area contributed by atoms with E-state index < -0.39 is 18.0 Å². The molecule has 0 aromatic heterocycles. The van der Waals surface area contributed by atoms with Crippen LogP contribution in [0.5, 0.6) is 0 Å². The minimum Gasteiger partial charge on any atom is -0.442 e. The molecule has 136 valence electrons. The number of ether oxygens (including phenoxy) is 1. The van der Waals surface area contributed by atoms with Crippen molar-refractivity contribution >= 4 is 23.4 Å². The summed E-state index contributed by atoms with van der Waals surface area (Å²) in [6.07, 6.45) is 0.862. The van der Waals surface area contributed by atoms with Crippen LogP contribution in [0, 0.1) is 5.82 Å². The molecule has 0 spiro atoms. The van der Waals surface area contributed by atoms with Crippen LogP contribution in [-0.4, -0.2) is 37.7 Å². The quantitative estimate of drug-likeness (QED) is 0.465. The maximum Gasteiger partial charge on any atom is 0.414 e. The molecular weight excluding hydrogens is 327 g/mol. The number of allylic oxidation sites excluding steroid dienone is 1. The van der Waals surface area contributed by atoms with E-state index in [9.17, 15) is 14.0 Å². The van der Waals surface area contributed by atoms with Crippen molar-refractivity contribution in [3.63, 3.8) is 0 Å². The van der Waals surface area contributed by atoms with Gasteiger partial charge in [-0.05, 0) is 32.0 Å². The van der Waals surface area contributed by atoms with Crippen molar-refractivity contribution in [3.8, 4) is 0 Å². The summed E-state index contributed by atoms with van der Waals surface area (Å²) in [5.41, 5.74) is 1.63. The fraction of sp³-hybridized carbons (Fsp3) is 0.412. The number of nitrogens with zero attached hydrogens (tertiary/aromatic N) is 2. The van der Waals surface area contributed by atoms with E-state index >= 15 is 0 Å². The summed E-state index contributed by atoms with van der Waals surface area (Å²) in [6.45, 7) is 6.04. The first-order valence-corrected chi connectivity index (χ1v) is 7.98. The Morgan fingerprint density at radius 3 is 2.84 bits per heavy atom. The minimum atomic E-state index is -0.572. The van der Waals surface area contributed by atoms with Crippen LogP contribution in [0.2, 0.25) is 0 Å². The average Bonchev–Trinajstić information content (AvgIpc) is 2.93. The Labute approximate surface area is 146 Å². The third kappa shape index (κ3) is 4.69. The number of hydrogen-bond acceptors (Lipinski definition) is 5. The highest BCUT2D eigenvalue weighted by Crippen LogP contribution is 2.27. The van der Waals surface area contributed by atoms with Crippen LogP contribution in [0.4, 0.5) is 20.6 Å². The third-order valence-electron chi connectivity index (χ3n) is 3.92. The summed E-state index contributed by atoms with van der Waals surface area (Å²) in [6, 6.07) is 4.40. The van der Waals surface area contributed by atoms with Crippen LogP contribution >= 0.6 is 0 Å². The van der Waals surface area contributed by atoms with E-state index in [1.165, 1.54) is 29.0 Å². The molecule has 0 saturated carbocycles. The standard InChI is InChI=1S/C17H23FN4O3/c1-4-11(2)9-22(19)16-6-5-13(7-15(16)18)21-10-14(25-17(21)24)8-20-12(3)23/h4-7,14H,8-10,19H2,1-3H3,(H,20,23)/b11-4+. The second-order valence-electron chi connectivity index (χ2n) is 5.95. The number of amides is 2. The molecule has 1 heterocycles. The van der Waals surface area contributed by atoms with Gasteiger partial charge < -0.3 is 15.1 Å². The SMILES string of the molecule is C/C=C(\C)CN(N)c1ccc(N2CC(CNC(C)=O)OC2=O)cc1F. The molecule has 1 atom stereocenters. The first-order chi connectivity index (χ1) is 11.8. The van der Waals surface area contributed by atoms with E-state index in [1.807, 2.05) is 19.9 Å². The van der Waals surface area contributed by atoms with Gasteiger partial charge in [-0.1, -0.05) is 11.6 Å². The Kier molecular flexibility index (Phi) is 5.97. The third-order valence-corrected chi connectivity index (χ3v) is 3.92. The van der Waals surface area contributed by atoms with E-state index in [1.54, 1.807) is 6.07 Å². The number of cyclic esters (lactones) is 1. The van der Waals surface area contributed by atoms with Crippen LogP contribution in [0.25, 0.3) is 0 Å². The summed E-state index contributed by atoms with van der Waals surface area (Å²) in [5, 5.41) is 3.91. The van der Waals surface area contributed by atoms with Crippen LogP contribution < -0.4 is 21.1 Å². The highest BCUT2D eigenvalue weighted by Gasteiger charge is 2.32. The molecular formula is C17H23FN4O3. The Morgan fingerprint density at radius 2 is 2.24 bits per heavy atom. The first kappa shape index (κ1) is 18.7. The number of nitrogens with two attached hydrogens (primary N) is 1. The monoisotopic (exact) mass is 350 g/mol. The molecule has 1 fully saturated rings. The lowest BCUT2D eigenvalue weighted by Gasteiger charge is -2.21. The molecule has 1 aromatic carbocycles. The van der Waals surface area contributed by atoms with E-state index in [0.29, 0.717) is 12.2 Å². The van der Waals surface area contributed by atoms with Crippen LogP contribution in [-0.2, 0) is 9.53 Å². The molecule has 7 nitrogen and oxygen atoms in total. The molecule has 8 heteroatoms. The van der Waals surface area contributed by atoms with Gasteiger partial charge in [-0.15, -0.1) is 0 Å². The molecule has 1 unspecified atom stereocenters. The molecule has 0 bridgehead atoms. The second-order valence-corrected chi connectivity index (χ2v) is 5.95. The zero-order chi connectivity index (χ0) is 18.6. The fourth-order valence-electron chi connectivity index (χ4n) is 2.44. The van der Waals surface area contributed by atoms with Crippen molar-refractivity contribution in [2.75, 3.05) is 29.5 Å². The van der Waals surface area contributed by atoms with Gasteiger partial charge >= 0.3 is 6.09 Å². The van der Waals surface area contributed by atoms with Crippen molar-refractivity contribution in [3.05, 3.63) is 35.7 Å². The predicted molar refractivity (Wildman–Crippen MR) is 93.7 cm³/mol. The van der Waals surface area contributed by atoms with Crippen molar-refractivity contribution in [1.82, 2.24) is 5.32 Å². The zero-order valence-corrected chi connectivity index (χ0v) is 14.6. The number of nitrogens with one attached hydrogen (secondary N) is 1. The topological polar surface area (TPSA) is 87.9 Å². The highest BCUT2D eigenvalue weighted by molar-refractivity contribution is 5.90.